The number of furan rings is 1. The van der Waals surface area contributed by atoms with E-state index in [-0.39, 0.29) is 5.91 Å². The van der Waals surface area contributed by atoms with Gasteiger partial charge in [0.1, 0.15) is 11.6 Å². The first-order valence-corrected chi connectivity index (χ1v) is 10.3. The van der Waals surface area contributed by atoms with E-state index >= 15 is 0 Å². The Labute approximate surface area is 176 Å². The number of benzene rings is 1. The summed E-state index contributed by atoms with van der Waals surface area (Å²) in [6.45, 7) is 6.08. The third-order valence-corrected chi connectivity index (χ3v) is 5.25. The summed E-state index contributed by atoms with van der Waals surface area (Å²) >= 11 is 0. The van der Waals surface area contributed by atoms with E-state index in [0.717, 1.165) is 55.6 Å². The zero-order valence-corrected chi connectivity index (χ0v) is 17.3. The van der Waals surface area contributed by atoms with Crippen LogP contribution >= 0.6 is 0 Å². The van der Waals surface area contributed by atoms with Crippen molar-refractivity contribution >= 4 is 12.0 Å². The van der Waals surface area contributed by atoms with E-state index in [1.807, 2.05) is 42.5 Å². The van der Waals surface area contributed by atoms with Crippen LogP contribution < -0.4 is 5.32 Å². The Bertz CT molecular complexity index is 992. The van der Waals surface area contributed by atoms with E-state index in [9.17, 15) is 4.79 Å². The maximum Gasteiger partial charge on any atom is 0.224 e. The zero-order valence-electron chi connectivity index (χ0n) is 17.3. The van der Waals surface area contributed by atoms with Crippen molar-refractivity contribution in [2.45, 2.75) is 32.9 Å². The molecule has 7 heteroatoms. The van der Waals surface area contributed by atoms with Crippen molar-refractivity contribution < 1.29 is 9.21 Å². The zero-order chi connectivity index (χ0) is 20.8. The lowest BCUT2D eigenvalue weighted by Crippen LogP contribution is -2.29. The fourth-order valence-electron chi connectivity index (χ4n) is 3.75. The first kappa shape index (κ1) is 20.1. The predicted octanol–water partition coefficient (Wildman–Crippen LogP) is 2.69. The van der Waals surface area contributed by atoms with Gasteiger partial charge in [-0.05, 0) is 30.7 Å². The van der Waals surface area contributed by atoms with Gasteiger partial charge >= 0.3 is 0 Å². The number of carbonyl (C=O) groups excluding carboxylic acids is 1. The summed E-state index contributed by atoms with van der Waals surface area (Å²) in [6.07, 6.45) is 4.99. The molecule has 1 N–H and O–H groups in total. The Morgan fingerprint density at radius 1 is 1.13 bits per heavy atom. The second-order valence-corrected chi connectivity index (χ2v) is 7.66. The van der Waals surface area contributed by atoms with Crippen molar-refractivity contribution in [3.8, 4) is 0 Å². The molecule has 0 bridgehead atoms. The van der Waals surface area contributed by atoms with Gasteiger partial charge in [-0.3, -0.25) is 9.69 Å². The molecular formula is C23H27N5O2. The first-order valence-electron chi connectivity index (χ1n) is 10.3. The Balaban J connectivity index is 1.31. The van der Waals surface area contributed by atoms with E-state index in [4.69, 9.17) is 4.42 Å². The van der Waals surface area contributed by atoms with Crippen LogP contribution in [0.25, 0.3) is 6.08 Å². The quantitative estimate of drug-likeness (QED) is 0.654. The van der Waals surface area contributed by atoms with Gasteiger partial charge in [0.25, 0.3) is 0 Å². The maximum absolute atomic E-state index is 12.3. The molecule has 30 heavy (non-hydrogen) atoms. The molecule has 0 radical (unpaired) electrons. The van der Waals surface area contributed by atoms with Gasteiger partial charge in [0.05, 0.1) is 19.2 Å². The lowest BCUT2D eigenvalue weighted by molar-refractivity contribution is -0.120. The normalized spacial score (nSPS) is 14.9. The molecule has 1 amide bonds. The average Bonchev–Trinajstić information content (AvgIpc) is 3.34. The SMILES string of the molecule is CC(=Cc1ccco1)CN1CCc2nnc(CNC(=O)Cc3ccccc3)n2CC1. The minimum atomic E-state index is -0.00696. The summed E-state index contributed by atoms with van der Waals surface area (Å²) < 4.78 is 7.55. The third-order valence-electron chi connectivity index (χ3n) is 5.25. The monoisotopic (exact) mass is 405 g/mol. The molecule has 0 spiro atoms. The highest BCUT2D eigenvalue weighted by atomic mass is 16.3. The molecule has 0 saturated heterocycles. The number of hydrogen-bond donors (Lipinski definition) is 1. The molecule has 1 aliphatic rings. The Morgan fingerprint density at radius 3 is 2.80 bits per heavy atom. The molecule has 4 rings (SSSR count). The minimum absolute atomic E-state index is 0.00696. The molecule has 2 aromatic heterocycles. The summed E-state index contributed by atoms with van der Waals surface area (Å²) in [6, 6.07) is 13.6. The molecule has 0 atom stereocenters. The van der Waals surface area contributed by atoms with Crippen molar-refractivity contribution in [3.63, 3.8) is 0 Å². The number of nitrogens with zero attached hydrogens (tertiary/aromatic N) is 4. The van der Waals surface area contributed by atoms with Gasteiger partial charge in [0, 0.05) is 32.6 Å². The number of aromatic nitrogens is 3. The van der Waals surface area contributed by atoms with Crippen molar-refractivity contribution in [1.82, 2.24) is 25.0 Å². The molecule has 0 fully saturated rings. The topological polar surface area (TPSA) is 76.2 Å². The predicted molar refractivity (Wildman–Crippen MR) is 115 cm³/mol. The Morgan fingerprint density at radius 2 is 2.00 bits per heavy atom. The summed E-state index contributed by atoms with van der Waals surface area (Å²) in [5.74, 6) is 2.68. The van der Waals surface area contributed by atoms with Crippen molar-refractivity contribution in [3.05, 3.63) is 77.3 Å². The molecular weight excluding hydrogens is 378 g/mol. The van der Waals surface area contributed by atoms with Crippen LogP contribution in [0.1, 0.15) is 29.9 Å². The molecule has 7 nitrogen and oxygen atoms in total. The molecule has 0 aliphatic carbocycles. The molecule has 3 heterocycles. The minimum Gasteiger partial charge on any atom is -0.465 e. The molecule has 1 aliphatic heterocycles. The van der Waals surface area contributed by atoms with Crippen LogP contribution in [0, 0.1) is 0 Å². The van der Waals surface area contributed by atoms with Crippen molar-refractivity contribution in [2.75, 3.05) is 19.6 Å². The molecule has 156 valence electrons. The second kappa shape index (κ2) is 9.54. The van der Waals surface area contributed by atoms with Crippen LogP contribution in [-0.2, 0) is 30.7 Å². The smallest absolute Gasteiger partial charge is 0.224 e. The number of hydrogen-bond acceptors (Lipinski definition) is 5. The largest absolute Gasteiger partial charge is 0.465 e. The van der Waals surface area contributed by atoms with Crippen molar-refractivity contribution in [1.29, 1.82) is 0 Å². The van der Waals surface area contributed by atoms with Gasteiger partial charge in [-0.2, -0.15) is 0 Å². The summed E-state index contributed by atoms with van der Waals surface area (Å²) in [7, 11) is 0. The van der Waals surface area contributed by atoms with Gasteiger partial charge in [-0.1, -0.05) is 35.9 Å². The van der Waals surface area contributed by atoms with Crippen LogP contribution in [0.4, 0.5) is 0 Å². The average molecular weight is 406 g/mol. The summed E-state index contributed by atoms with van der Waals surface area (Å²) in [5, 5.41) is 11.6. The fraction of sp³-hybridized carbons (Fsp3) is 0.348. The van der Waals surface area contributed by atoms with E-state index in [1.54, 1.807) is 6.26 Å². The second-order valence-electron chi connectivity index (χ2n) is 7.66. The number of fused-ring (bicyclic) bond motifs is 1. The molecule has 1 aromatic carbocycles. The standard InChI is InChI=1S/C23H27N5O2/c1-18(14-20-8-5-13-30-20)17-27-10-9-21-25-26-22(28(21)12-11-27)16-24-23(29)15-19-6-3-2-4-7-19/h2-8,13-14H,9-12,15-17H2,1H3,(H,24,29). The lowest BCUT2D eigenvalue weighted by atomic mass is 10.1. The van der Waals surface area contributed by atoms with Gasteiger partial charge in [0.2, 0.25) is 5.91 Å². The van der Waals surface area contributed by atoms with Crippen LogP contribution in [0.2, 0.25) is 0 Å². The summed E-state index contributed by atoms with van der Waals surface area (Å²) in [4.78, 5) is 14.7. The number of nitrogens with one attached hydrogen (secondary N) is 1. The number of carbonyl (C=O) groups is 1. The van der Waals surface area contributed by atoms with Crippen LogP contribution in [-0.4, -0.2) is 45.2 Å². The highest BCUT2D eigenvalue weighted by Crippen LogP contribution is 2.13. The van der Waals surface area contributed by atoms with E-state index < -0.39 is 0 Å². The van der Waals surface area contributed by atoms with Crippen LogP contribution in [0.15, 0.2) is 58.7 Å². The van der Waals surface area contributed by atoms with Crippen LogP contribution in [0.3, 0.4) is 0 Å². The number of amides is 1. The van der Waals surface area contributed by atoms with Crippen molar-refractivity contribution in [2.24, 2.45) is 0 Å². The Kier molecular flexibility index (Phi) is 6.39. The third kappa shape index (κ3) is 5.24. The number of rotatable bonds is 7. The molecule has 0 saturated carbocycles. The van der Waals surface area contributed by atoms with Gasteiger partial charge in [0.15, 0.2) is 5.82 Å². The maximum atomic E-state index is 12.3. The van der Waals surface area contributed by atoms with E-state index in [2.05, 4.69) is 38.0 Å². The highest BCUT2D eigenvalue weighted by Gasteiger charge is 2.19. The van der Waals surface area contributed by atoms with Gasteiger partial charge in [-0.15, -0.1) is 10.2 Å². The first-order chi connectivity index (χ1) is 14.7. The van der Waals surface area contributed by atoms with E-state index in [0.29, 0.717) is 13.0 Å². The lowest BCUT2D eigenvalue weighted by Gasteiger charge is -2.19. The summed E-state index contributed by atoms with van der Waals surface area (Å²) in [5.41, 5.74) is 2.26. The fourth-order valence-corrected chi connectivity index (χ4v) is 3.75. The molecule has 3 aromatic rings. The molecule has 0 unspecified atom stereocenters. The van der Waals surface area contributed by atoms with Crippen LogP contribution in [0.5, 0.6) is 0 Å². The van der Waals surface area contributed by atoms with Gasteiger partial charge < -0.3 is 14.3 Å². The van der Waals surface area contributed by atoms with E-state index in [1.165, 1.54) is 5.57 Å². The van der Waals surface area contributed by atoms with Gasteiger partial charge in [-0.25, -0.2) is 0 Å². The highest BCUT2D eigenvalue weighted by molar-refractivity contribution is 5.78. The Hall–Kier alpha value is -3.19.